The predicted octanol–water partition coefficient (Wildman–Crippen LogP) is 2.75. The van der Waals surface area contributed by atoms with Crippen LogP contribution in [-0.2, 0) is 47.7 Å². The molecule has 0 aliphatic rings. The number of ether oxygens (including phenoxy) is 4. The van der Waals surface area contributed by atoms with E-state index in [0.717, 1.165) is 62.7 Å². The number of unbranched alkanes of at least 4 members (excludes halogenated alkanes) is 11. The minimum absolute atomic E-state index is 0.0461. The number of carbonyl (C=O) groups excluding carboxylic acids is 5. The maximum atomic E-state index is 12.5. The Bertz CT molecular complexity index is 1100. The molecule has 0 fully saturated rings. The van der Waals surface area contributed by atoms with Crippen molar-refractivity contribution in [2.45, 2.75) is 103 Å². The smallest absolute Gasteiger partial charge is 0.414 e. The molecule has 0 aliphatic heterocycles. The number of nitrogens with one attached hydrogen (secondary N) is 4. The van der Waals surface area contributed by atoms with Gasteiger partial charge in [0.05, 0.1) is 45.0 Å². The minimum atomic E-state index is -1.32. The normalized spacial score (nSPS) is 10.8. The van der Waals surface area contributed by atoms with E-state index in [1.165, 1.54) is 12.8 Å². The molecule has 0 aliphatic carbocycles. The summed E-state index contributed by atoms with van der Waals surface area (Å²) in [4.78, 5) is 82.0. The summed E-state index contributed by atoms with van der Waals surface area (Å²) in [6.07, 6.45) is 11.5. The van der Waals surface area contributed by atoms with Gasteiger partial charge in [0, 0.05) is 52.0 Å². The third-order valence-corrected chi connectivity index (χ3v) is 8.60. The van der Waals surface area contributed by atoms with Crippen molar-refractivity contribution < 1.29 is 62.7 Å². The summed E-state index contributed by atoms with van der Waals surface area (Å²) in [6.45, 7) is 2.12. The Kier molecular flexibility index (Phi) is 36.2. The van der Waals surface area contributed by atoms with E-state index >= 15 is 0 Å². The maximum Gasteiger partial charge on any atom is 0.414 e. The Morgan fingerprint density at radius 1 is 0.446 bits per heavy atom. The van der Waals surface area contributed by atoms with Gasteiger partial charge in [-0.15, -0.1) is 0 Å². The van der Waals surface area contributed by atoms with Gasteiger partial charge in [0.15, 0.2) is 0 Å². The van der Waals surface area contributed by atoms with E-state index in [9.17, 15) is 38.7 Å². The number of rotatable bonds is 39. The lowest BCUT2D eigenvalue weighted by molar-refractivity contribution is -0.137. The van der Waals surface area contributed by atoms with Crippen molar-refractivity contribution in [2.75, 3.05) is 90.9 Å². The van der Waals surface area contributed by atoms with Crippen LogP contribution < -0.4 is 21.3 Å². The molecule has 0 spiro atoms. The molecular weight excluding hydrogens is 802 g/mol. The molecule has 0 aromatic heterocycles. The number of hydrogen-bond acceptors (Lipinski definition) is 11. The lowest BCUT2D eigenvalue weighted by Gasteiger charge is -2.17. The van der Waals surface area contributed by atoms with Gasteiger partial charge in [-0.05, 0) is 19.3 Å². The third-order valence-electron chi connectivity index (χ3n) is 8.09. The number of halogens is 1. The van der Waals surface area contributed by atoms with Crippen LogP contribution in [0.3, 0.4) is 0 Å². The highest BCUT2D eigenvalue weighted by molar-refractivity contribution is 9.09. The molecule has 324 valence electrons. The van der Waals surface area contributed by atoms with Crippen molar-refractivity contribution in [1.82, 2.24) is 26.2 Å². The zero-order valence-electron chi connectivity index (χ0n) is 32.9. The van der Waals surface area contributed by atoms with Gasteiger partial charge in [-0.2, -0.15) is 0 Å². The number of carboxylic acid groups (broad SMARTS) is 2. The van der Waals surface area contributed by atoms with Crippen molar-refractivity contribution in [3.63, 3.8) is 0 Å². The van der Waals surface area contributed by atoms with E-state index < -0.39 is 18.0 Å². The van der Waals surface area contributed by atoms with E-state index in [4.69, 9.17) is 24.1 Å². The molecule has 0 saturated heterocycles. The number of carboxylic acids is 1. The van der Waals surface area contributed by atoms with Gasteiger partial charge >= 0.3 is 12.1 Å². The van der Waals surface area contributed by atoms with Gasteiger partial charge < -0.3 is 50.4 Å². The molecule has 0 rings (SSSR count). The van der Waals surface area contributed by atoms with Gasteiger partial charge in [-0.25, -0.2) is 9.69 Å². The molecule has 0 unspecified atom stereocenters. The van der Waals surface area contributed by atoms with Crippen LogP contribution in [0.2, 0.25) is 0 Å². The summed E-state index contributed by atoms with van der Waals surface area (Å²) in [6, 6.07) is 0. The van der Waals surface area contributed by atoms with Crippen molar-refractivity contribution in [3.8, 4) is 0 Å². The Hall–Kier alpha value is -3.39. The Balaban J connectivity index is 3.65. The van der Waals surface area contributed by atoms with E-state index in [-0.39, 0.29) is 127 Å². The summed E-state index contributed by atoms with van der Waals surface area (Å²) in [5.41, 5.74) is 0. The number of amides is 6. The average molecular weight is 869 g/mol. The first-order chi connectivity index (χ1) is 27.1. The molecular formula is C37H66BrN5O13. The van der Waals surface area contributed by atoms with Crippen LogP contribution in [0.25, 0.3) is 0 Å². The van der Waals surface area contributed by atoms with Gasteiger partial charge in [-0.3, -0.25) is 28.8 Å². The van der Waals surface area contributed by atoms with Crippen molar-refractivity contribution in [3.05, 3.63) is 0 Å². The van der Waals surface area contributed by atoms with Crippen LogP contribution in [0.5, 0.6) is 0 Å². The zero-order chi connectivity index (χ0) is 41.5. The molecule has 0 aromatic carbocycles. The number of aliphatic carboxylic acids is 1. The van der Waals surface area contributed by atoms with Crippen molar-refractivity contribution >= 4 is 57.5 Å². The molecule has 18 nitrogen and oxygen atoms in total. The second kappa shape index (κ2) is 38.5. The highest BCUT2D eigenvalue weighted by atomic mass is 79.9. The fourth-order valence-electron chi connectivity index (χ4n) is 5.12. The standard InChI is InChI=1S/C37H66BrN5O13/c38-28-32(45)39-17-18-40-33(46)29-55-26-25-54-23-20-42-34(47)30-56-27-24-53-22-19-41-31(44)14-13-21-43(37(51)52)35(48)15-11-9-7-5-3-1-2-4-6-8-10-12-16-36(49)50/h1-30H2,(H,39,45)(H,40,46)(H,41,44)(H,42,47)(H,49,50)(H,51,52). The van der Waals surface area contributed by atoms with Gasteiger partial charge in [-0.1, -0.05) is 80.1 Å². The summed E-state index contributed by atoms with van der Waals surface area (Å²) < 4.78 is 21.2. The average Bonchev–Trinajstić information content (AvgIpc) is 3.16. The Morgan fingerprint density at radius 3 is 1.32 bits per heavy atom. The van der Waals surface area contributed by atoms with Crippen molar-refractivity contribution in [2.24, 2.45) is 0 Å². The van der Waals surface area contributed by atoms with Crippen LogP contribution in [0, 0.1) is 0 Å². The topological polar surface area (TPSA) is 248 Å². The van der Waals surface area contributed by atoms with Gasteiger partial charge in [0.2, 0.25) is 29.5 Å². The number of imide groups is 1. The van der Waals surface area contributed by atoms with Crippen LogP contribution in [-0.4, -0.2) is 148 Å². The molecule has 0 radical (unpaired) electrons. The molecule has 19 heteroatoms. The summed E-state index contributed by atoms with van der Waals surface area (Å²) in [5.74, 6) is -2.25. The molecule has 0 saturated carbocycles. The quantitative estimate of drug-likeness (QED) is 0.0385. The first kappa shape index (κ1) is 52.6. The fraction of sp³-hybridized carbons (Fsp3) is 0.811. The van der Waals surface area contributed by atoms with Crippen LogP contribution >= 0.6 is 15.9 Å². The fourth-order valence-corrected chi connectivity index (χ4v) is 5.31. The van der Waals surface area contributed by atoms with Crippen molar-refractivity contribution in [1.29, 1.82) is 0 Å². The zero-order valence-corrected chi connectivity index (χ0v) is 34.5. The molecule has 0 heterocycles. The summed E-state index contributed by atoms with van der Waals surface area (Å²) in [5, 5.41) is 28.8. The largest absolute Gasteiger partial charge is 0.481 e. The Morgan fingerprint density at radius 2 is 0.857 bits per heavy atom. The minimum Gasteiger partial charge on any atom is -0.481 e. The first-order valence-electron chi connectivity index (χ1n) is 19.8. The second-order valence-corrected chi connectivity index (χ2v) is 13.5. The SMILES string of the molecule is O=C(O)CCCCCCCCCCCCCCC(=O)N(CCCC(=O)NCCOCCOCC(=O)NCCOCCOCC(=O)NCCNC(=O)CBr)C(=O)O. The Labute approximate surface area is 339 Å². The second-order valence-electron chi connectivity index (χ2n) is 12.9. The third kappa shape index (κ3) is 36.3. The van der Waals surface area contributed by atoms with Crippen LogP contribution in [0.15, 0.2) is 0 Å². The monoisotopic (exact) mass is 867 g/mol. The summed E-state index contributed by atoms with van der Waals surface area (Å²) in [7, 11) is 0. The lowest BCUT2D eigenvalue weighted by Crippen LogP contribution is -2.37. The number of carbonyl (C=O) groups is 7. The van der Waals surface area contributed by atoms with Crippen LogP contribution in [0.4, 0.5) is 4.79 Å². The molecule has 56 heavy (non-hydrogen) atoms. The molecule has 0 atom stereocenters. The molecule has 6 amide bonds. The van der Waals surface area contributed by atoms with Gasteiger partial charge in [0.25, 0.3) is 0 Å². The number of nitrogens with zero attached hydrogens (tertiary/aromatic N) is 1. The van der Waals surface area contributed by atoms with E-state index in [1.807, 2.05) is 0 Å². The van der Waals surface area contributed by atoms with Crippen LogP contribution in [0.1, 0.15) is 103 Å². The first-order valence-corrected chi connectivity index (χ1v) is 20.9. The van der Waals surface area contributed by atoms with Gasteiger partial charge in [0.1, 0.15) is 13.2 Å². The summed E-state index contributed by atoms with van der Waals surface area (Å²) >= 11 is 3.03. The number of hydrogen-bond donors (Lipinski definition) is 6. The molecule has 0 bridgehead atoms. The number of alkyl halides is 1. The highest BCUT2D eigenvalue weighted by Crippen LogP contribution is 2.13. The predicted molar refractivity (Wildman–Crippen MR) is 210 cm³/mol. The lowest BCUT2D eigenvalue weighted by atomic mass is 10.0. The highest BCUT2D eigenvalue weighted by Gasteiger charge is 2.20. The van der Waals surface area contributed by atoms with E-state index in [1.54, 1.807) is 0 Å². The van der Waals surface area contributed by atoms with E-state index in [0.29, 0.717) is 19.5 Å². The molecule has 6 N–H and O–H groups in total. The molecule has 0 aromatic rings. The van der Waals surface area contributed by atoms with E-state index in [2.05, 4.69) is 37.2 Å². The maximum absolute atomic E-state index is 12.5.